The highest BCUT2D eigenvalue weighted by atomic mass is 35.5. The molecule has 1 heterocycles. The summed E-state index contributed by atoms with van der Waals surface area (Å²) in [6.45, 7) is 0.531. The lowest BCUT2D eigenvalue weighted by Crippen LogP contribution is -2.32. The first-order chi connectivity index (χ1) is 12.0. The standard InChI is InChI=1S/C19H17Cl2NO3/c20-13-3-1-12(2-4-13)17(23)6-8-19(24)22-16-9-10-25-18-7-5-14(21)11-15(16)18/h1-5,7,11,16H,6,8-10H2,(H,22,24). The number of carbonyl (C=O) groups is 2. The molecule has 0 aliphatic carbocycles. The second-order valence-electron chi connectivity index (χ2n) is 5.87. The average Bonchev–Trinajstić information content (AvgIpc) is 2.61. The molecular formula is C19H17Cl2NO3. The first kappa shape index (κ1) is 17.8. The Bertz CT molecular complexity index is 790. The summed E-state index contributed by atoms with van der Waals surface area (Å²) in [5.74, 6) is 0.487. The van der Waals surface area contributed by atoms with Gasteiger partial charge in [-0.2, -0.15) is 0 Å². The zero-order valence-electron chi connectivity index (χ0n) is 13.4. The maximum atomic E-state index is 12.2. The Kier molecular flexibility index (Phi) is 5.61. The molecule has 6 heteroatoms. The summed E-state index contributed by atoms with van der Waals surface area (Å²) in [7, 11) is 0. The Morgan fingerprint density at radius 3 is 2.52 bits per heavy atom. The van der Waals surface area contributed by atoms with Crippen molar-refractivity contribution in [2.75, 3.05) is 6.61 Å². The summed E-state index contributed by atoms with van der Waals surface area (Å²) in [6, 6.07) is 11.9. The predicted molar refractivity (Wildman–Crippen MR) is 97.5 cm³/mol. The second-order valence-corrected chi connectivity index (χ2v) is 6.74. The fraction of sp³-hybridized carbons (Fsp3) is 0.263. The molecule has 2 aromatic rings. The zero-order valence-corrected chi connectivity index (χ0v) is 14.9. The van der Waals surface area contributed by atoms with Crippen molar-refractivity contribution >= 4 is 34.9 Å². The summed E-state index contributed by atoms with van der Waals surface area (Å²) in [4.78, 5) is 24.4. The minimum atomic E-state index is -0.167. The van der Waals surface area contributed by atoms with Crippen LogP contribution in [0.5, 0.6) is 5.75 Å². The van der Waals surface area contributed by atoms with E-state index in [1.54, 1.807) is 42.5 Å². The third-order valence-corrected chi connectivity index (χ3v) is 4.58. The van der Waals surface area contributed by atoms with E-state index < -0.39 is 0 Å². The number of Topliss-reactive ketones (excluding diaryl/α,β-unsaturated/α-hetero) is 1. The van der Waals surface area contributed by atoms with Gasteiger partial charge < -0.3 is 10.1 Å². The molecule has 1 unspecified atom stereocenters. The van der Waals surface area contributed by atoms with Crippen LogP contribution < -0.4 is 10.1 Å². The SMILES string of the molecule is O=C(CCC(=O)c1ccc(Cl)cc1)NC1CCOc2ccc(Cl)cc21. The molecule has 0 bridgehead atoms. The van der Waals surface area contributed by atoms with Crippen LogP contribution in [0.4, 0.5) is 0 Å². The Morgan fingerprint density at radius 2 is 1.76 bits per heavy atom. The normalized spacial score (nSPS) is 15.8. The maximum Gasteiger partial charge on any atom is 0.220 e. The summed E-state index contributed by atoms with van der Waals surface area (Å²) >= 11 is 11.8. The summed E-state index contributed by atoms with van der Waals surface area (Å²) < 4.78 is 5.58. The summed E-state index contributed by atoms with van der Waals surface area (Å²) in [5.41, 5.74) is 1.43. The molecule has 3 rings (SSSR count). The van der Waals surface area contributed by atoms with Crippen molar-refractivity contribution in [2.45, 2.75) is 25.3 Å². The maximum absolute atomic E-state index is 12.2. The molecule has 0 aromatic heterocycles. The van der Waals surface area contributed by atoms with Gasteiger partial charge in [0.25, 0.3) is 0 Å². The van der Waals surface area contributed by atoms with E-state index in [-0.39, 0.29) is 30.6 Å². The van der Waals surface area contributed by atoms with E-state index in [4.69, 9.17) is 27.9 Å². The molecule has 1 N–H and O–H groups in total. The number of rotatable bonds is 5. The fourth-order valence-corrected chi connectivity index (χ4v) is 3.10. The van der Waals surface area contributed by atoms with Crippen LogP contribution in [-0.2, 0) is 4.79 Å². The number of halogens is 2. The number of carbonyl (C=O) groups excluding carboxylic acids is 2. The lowest BCUT2D eigenvalue weighted by Gasteiger charge is -2.26. The Morgan fingerprint density at radius 1 is 1.04 bits per heavy atom. The van der Waals surface area contributed by atoms with Crippen molar-refractivity contribution in [3.63, 3.8) is 0 Å². The van der Waals surface area contributed by atoms with Gasteiger partial charge in [-0.3, -0.25) is 9.59 Å². The van der Waals surface area contributed by atoms with Crippen molar-refractivity contribution in [1.29, 1.82) is 0 Å². The molecule has 1 atom stereocenters. The van der Waals surface area contributed by atoms with Gasteiger partial charge in [-0.25, -0.2) is 0 Å². The van der Waals surface area contributed by atoms with E-state index in [1.165, 1.54) is 0 Å². The van der Waals surface area contributed by atoms with E-state index in [0.29, 0.717) is 28.6 Å². The first-order valence-electron chi connectivity index (χ1n) is 8.03. The van der Waals surface area contributed by atoms with Gasteiger partial charge >= 0.3 is 0 Å². The van der Waals surface area contributed by atoms with Crippen LogP contribution in [0.25, 0.3) is 0 Å². The summed E-state index contributed by atoms with van der Waals surface area (Å²) in [5, 5.41) is 4.14. The number of fused-ring (bicyclic) bond motifs is 1. The van der Waals surface area contributed by atoms with Crippen molar-refractivity contribution in [3.8, 4) is 5.75 Å². The van der Waals surface area contributed by atoms with E-state index in [9.17, 15) is 9.59 Å². The highest BCUT2D eigenvalue weighted by Gasteiger charge is 2.23. The van der Waals surface area contributed by atoms with Crippen molar-refractivity contribution < 1.29 is 14.3 Å². The molecular weight excluding hydrogens is 361 g/mol. The Balaban J connectivity index is 1.58. The zero-order chi connectivity index (χ0) is 17.8. The van der Waals surface area contributed by atoms with Gasteiger partial charge in [-0.15, -0.1) is 0 Å². The van der Waals surface area contributed by atoms with Gasteiger partial charge in [0.05, 0.1) is 12.6 Å². The van der Waals surface area contributed by atoms with Gasteiger partial charge in [-0.05, 0) is 42.5 Å². The van der Waals surface area contributed by atoms with Crippen LogP contribution in [0.1, 0.15) is 41.2 Å². The third-order valence-electron chi connectivity index (χ3n) is 4.09. The quantitative estimate of drug-likeness (QED) is 0.774. The molecule has 2 aromatic carbocycles. The van der Waals surface area contributed by atoms with Crippen LogP contribution in [0, 0.1) is 0 Å². The van der Waals surface area contributed by atoms with Crippen LogP contribution in [0.3, 0.4) is 0 Å². The average molecular weight is 378 g/mol. The molecule has 1 aliphatic rings. The van der Waals surface area contributed by atoms with Gasteiger partial charge in [0.2, 0.25) is 5.91 Å². The van der Waals surface area contributed by atoms with Gasteiger partial charge in [0.15, 0.2) is 5.78 Å². The summed E-state index contributed by atoms with van der Waals surface area (Å²) in [6.07, 6.45) is 0.956. The molecule has 25 heavy (non-hydrogen) atoms. The van der Waals surface area contributed by atoms with Crippen LogP contribution in [-0.4, -0.2) is 18.3 Å². The number of benzene rings is 2. The monoisotopic (exact) mass is 377 g/mol. The minimum Gasteiger partial charge on any atom is -0.493 e. The van der Waals surface area contributed by atoms with Crippen LogP contribution in [0.2, 0.25) is 10.0 Å². The molecule has 0 spiro atoms. The molecule has 0 saturated carbocycles. The number of nitrogens with one attached hydrogen (secondary N) is 1. The van der Waals surface area contributed by atoms with Crippen LogP contribution >= 0.6 is 23.2 Å². The van der Waals surface area contributed by atoms with Crippen molar-refractivity contribution in [1.82, 2.24) is 5.32 Å². The lowest BCUT2D eigenvalue weighted by atomic mass is 10.00. The molecule has 1 aliphatic heterocycles. The fourth-order valence-electron chi connectivity index (χ4n) is 2.79. The van der Waals surface area contributed by atoms with Crippen molar-refractivity contribution in [3.05, 3.63) is 63.6 Å². The topological polar surface area (TPSA) is 55.4 Å². The molecule has 4 nitrogen and oxygen atoms in total. The van der Waals surface area contributed by atoms with Gasteiger partial charge in [-0.1, -0.05) is 23.2 Å². The minimum absolute atomic E-state index is 0.0813. The third kappa shape index (κ3) is 4.53. The van der Waals surface area contributed by atoms with Gasteiger partial charge in [0, 0.05) is 40.4 Å². The van der Waals surface area contributed by atoms with Crippen LogP contribution in [0.15, 0.2) is 42.5 Å². The van der Waals surface area contributed by atoms with Crippen molar-refractivity contribution in [2.24, 2.45) is 0 Å². The van der Waals surface area contributed by atoms with E-state index in [1.807, 2.05) is 0 Å². The van der Waals surface area contributed by atoms with E-state index >= 15 is 0 Å². The van der Waals surface area contributed by atoms with E-state index in [2.05, 4.69) is 5.32 Å². The highest BCUT2D eigenvalue weighted by Crippen LogP contribution is 2.34. The number of hydrogen-bond donors (Lipinski definition) is 1. The smallest absolute Gasteiger partial charge is 0.220 e. The highest BCUT2D eigenvalue weighted by molar-refractivity contribution is 6.31. The predicted octanol–water partition coefficient (Wildman–Crippen LogP) is 4.60. The Labute approximate surface area is 156 Å². The first-order valence-corrected chi connectivity index (χ1v) is 8.79. The molecule has 0 fully saturated rings. The Hall–Kier alpha value is -2.04. The number of ketones is 1. The molecule has 1 amide bonds. The van der Waals surface area contributed by atoms with E-state index in [0.717, 1.165) is 11.3 Å². The number of ether oxygens (including phenoxy) is 1. The van der Waals surface area contributed by atoms with Gasteiger partial charge in [0.1, 0.15) is 5.75 Å². The number of hydrogen-bond acceptors (Lipinski definition) is 3. The lowest BCUT2D eigenvalue weighted by molar-refractivity contribution is -0.122. The molecule has 0 saturated heterocycles. The molecule has 130 valence electrons. The largest absolute Gasteiger partial charge is 0.493 e. The molecule has 0 radical (unpaired) electrons. The second kappa shape index (κ2) is 7.89. The number of amides is 1.